The molecule has 1 heterocycles. The molecule has 0 aliphatic carbocycles. The predicted molar refractivity (Wildman–Crippen MR) is 76.3 cm³/mol. The molecule has 0 aliphatic rings. The molecule has 2 N–H and O–H groups in total. The fraction of sp³-hybridized carbons (Fsp3) is 0.571. The van der Waals surface area contributed by atoms with Crippen molar-refractivity contribution in [2.45, 2.75) is 33.8 Å². The largest absolute Gasteiger partial charge is 0.487 e. The summed E-state index contributed by atoms with van der Waals surface area (Å²) in [7, 11) is 1.64. The van der Waals surface area contributed by atoms with E-state index in [1.54, 1.807) is 13.2 Å². The Hall–Kier alpha value is -1.78. The van der Waals surface area contributed by atoms with Gasteiger partial charge in [0.1, 0.15) is 0 Å². The van der Waals surface area contributed by atoms with E-state index in [2.05, 4.69) is 15.6 Å². The van der Waals surface area contributed by atoms with Crippen LogP contribution in [0.3, 0.4) is 0 Å². The van der Waals surface area contributed by atoms with E-state index in [0.717, 1.165) is 0 Å². The molecule has 0 atom stereocenters. The van der Waals surface area contributed by atoms with Crippen LogP contribution in [0.5, 0.6) is 5.75 Å². The highest BCUT2D eigenvalue weighted by Gasteiger charge is 2.26. The van der Waals surface area contributed by atoms with Gasteiger partial charge in [-0.25, -0.2) is 4.98 Å². The Morgan fingerprint density at radius 1 is 1.47 bits per heavy atom. The van der Waals surface area contributed by atoms with Crippen LogP contribution in [0, 0.1) is 5.41 Å². The maximum atomic E-state index is 11.7. The molecular formula is C14H23N3O2. The Morgan fingerprint density at radius 2 is 2.16 bits per heavy atom. The average molecular weight is 265 g/mol. The van der Waals surface area contributed by atoms with Crippen LogP contribution in [-0.2, 0) is 4.79 Å². The minimum absolute atomic E-state index is 0.0118. The molecule has 106 valence electrons. The van der Waals surface area contributed by atoms with Gasteiger partial charge in [-0.1, -0.05) is 0 Å². The molecule has 1 aromatic heterocycles. The van der Waals surface area contributed by atoms with E-state index in [-0.39, 0.29) is 12.0 Å². The molecule has 1 aromatic rings. The summed E-state index contributed by atoms with van der Waals surface area (Å²) in [5.74, 6) is 1.35. The number of rotatable bonds is 6. The number of ether oxygens (including phenoxy) is 1. The summed E-state index contributed by atoms with van der Waals surface area (Å²) < 4.78 is 5.67. The summed E-state index contributed by atoms with van der Waals surface area (Å²) in [4.78, 5) is 16.0. The first kappa shape index (κ1) is 15.3. The molecule has 0 saturated carbocycles. The van der Waals surface area contributed by atoms with Crippen molar-refractivity contribution in [3.05, 3.63) is 18.3 Å². The summed E-state index contributed by atoms with van der Waals surface area (Å²) in [6.07, 6.45) is 1.78. The van der Waals surface area contributed by atoms with Gasteiger partial charge in [0, 0.05) is 19.8 Å². The van der Waals surface area contributed by atoms with E-state index in [1.807, 2.05) is 39.8 Å². The van der Waals surface area contributed by atoms with Gasteiger partial charge in [0.05, 0.1) is 11.5 Å². The zero-order valence-electron chi connectivity index (χ0n) is 12.3. The number of nitrogens with one attached hydrogen (secondary N) is 2. The summed E-state index contributed by atoms with van der Waals surface area (Å²) >= 11 is 0. The van der Waals surface area contributed by atoms with Crippen molar-refractivity contribution in [3.63, 3.8) is 0 Å². The highest BCUT2D eigenvalue weighted by atomic mass is 16.5. The maximum Gasteiger partial charge on any atom is 0.227 e. The molecule has 5 nitrogen and oxygen atoms in total. The third-order valence-corrected chi connectivity index (χ3v) is 2.67. The number of amides is 1. The highest BCUT2D eigenvalue weighted by molar-refractivity contribution is 5.82. The number of hydrogen-bond acceptors (Lipinski definition) is 4. The summed E-state index contributed by atoms with van der Waals surface area (Å²) in [6.45, 7) is 8.17. The van der Waals surface area contributed by atoms with E-state index in [9.17, 15) is 4.79 Å². The van der Waals surface area contributed by atoms with Gasteiger partial charge in [-0.15, -0.1) is 0 Å². The van der Waals surface area contributed by atoms with Gasteiger partial charge in [0.25, 0.3) is 0 Å². The van der Waals surface area contributed by atoms with E-state index in [4.69, 9.17) is 4.74 Å². The molecule has 0 spiro atoms. The molecule has 0 saturated heterocycles. The van der Waals surface area contributed by atoms with Gasteiger partial charge in [-0.3, -0.25) is 4.79 Å². The molecule has 0 unspecified atom stereocenters. The number of hydrogen-bond donors (Lipinski definition) is 2. The molecule has 5 heteroatoms. The van der Waals surface area contributed by atoms with Gasteiger partial charge >= 0.3 is 0 Å². The van der Waals surface area contributed by atoms with Gasteiger partial charge in [0.15, 0.2) is 11.6 Å². The van der Waals surface area contributed by atoms with Crippen LogP contribution in [0.4, 0.5) is 5.82 Å². The fourth-order valence-corrected chi connectivity index (χ4v) is 1.60. The van der Waals surface area contributed by atoms with Crippen LogP contribution < -0.4 is 15.4 Å². The first-order valence-corrected chi connectivity index (χ1v) is 6.44. The zero-order chi connectivity index (χ0) is 14.5. The third-order valence-electron chi connectivity index (χ3n) is 2.67. The van der Waals surface area contributed by atoms with Crippen LogP contribution in [0.25, 0.3) is 0 Å². The SMILES string of the molecule is CNC(=O)C(C)(C)CNc1ncccc1OC(C)C. The average Bonchev–Trinajstić information content (AvgIpc) is 2.36. The second kappa shape index (κ2) is 6.41. The summed E-state index contributed by atoms with van der Waals surface area (Å²) in [5, 5.41) is 5.83. The Bertz CT molecular complexity index is 430. The first-order chi connectivity index (χ1) is 8.86. The fourth-order valence-electron chi connectivity index (χ4n) is 1.60. The molecule has 1 rings (SSSR count). The standard InChI is InChI=1S/C14H23N3O2/c1-10(2)19-11-7-6-8-16-12(11)17-9-14(3,4)13(18)15-5/h6-8,10H,9H2,1-5H3,(H,15,18)(H,16,17). The molecule has 0 radical (unpaired) electrons. The van der Waals surface area contributed by atoms with E-state index in [0.29, 0.717) is 18.1 Å². The van der Waals surface area contributed by atoms with Crippen LogP contribution in [0.2, 0.25) is 0 Å². The van der Waals surface area contributed by atoms with Crippen LogP contribution >= 0.6 is 0 Å². The highest BCUT2D eigenvalue weighted by Crippen LogP contribution is 2.24. The number of anilines is 1. The minimum Gasteiger partial charge on any atom is -0.487 e. The lowest BCUT2D eigenvalue weighted by atomic mass is 9.92. The first-order valence-electron chi connectivity index (χ1n) is 6.44. The third kappa shape index (κ3) is 4.43. The maximum absolute atomic E-state index is 11.7. The van der Waals surface area contributed by atoms with E-state index < -0.39 is 5.41 Å². The lowest BCUT2D eigenvalue weighted by Crippen LogP contribution is -2.39. The van der Waals surface area contributed by atoms with Crippen LogP contribution in [0.1, 0.15) is 27.7 Å². The van der Waals surface area contributed by atoms with Crippen LogP contribution in [-0.4, -0.2) is 30.6 Å². The second-order valence-electron chi connectivity index (χ2n) is 5.33. The van der Waals surface area contributed by atoms with Crippen molar-refractivity contribution in [3.8, 4) is 5.75 Å². The normalized spacial score (nSPS) is 11.3. The molecule has 1 amide bonds. The Morgan fingerprint density at radius 3 is 2.74 bits per heavy atom. The second-order valence-corrected chi connectivity index (χ2v) is 5.33. The van der Waals surface area contributed by atoms with Crippen molar-refractivity contribution in [2.24, 2.45) is 5.41 Å². The Balaban J connectivity index is 2.75. The van der Waals surface area contributed by atoms with Crippen molar-refractivity contribution in [1.29, 1.82) is 0 Å². The molecular weight excluding hydrogens is 242 g/mol. The summed E-state index contributed by atoms with van der Waals surface area (Å²) in [6, 6.07) is 3.69. The van der Waals surface area contributed by atoms with Crippen LogP contribution in [0.15, 0.2) is 18.3 Å². The topological polar surface area (TPSA) is 63.2 Å². The van der Waals surface area contributed by atoms with Gasteiger partial charge in [-0.05, 0) is 39.8 Å². The number of aromatic nitrogens is 1. The molecule has 0 bridgehead atoms. The van der Waals surface area contributed by atoms with Crippen molar-refractivity contribution < 1.29 is 9.53 Å². The summed E-state index contributed by atoms with van der Waals surface area (Å²) in [5.41, 5.74) is -0.513. The number of carbonyl (C=O) groups excluding carboxylic acids is 1. The quantitative estimate of drug-likeness (QED) is 0.826. The predicted octanol–water partition coefficient (Wildman–Crippen LogP) is 2.05. The van der Waals surface area contributed by atoms with Gasteiger partial charge in [-0.2, -0.15) is 0 Å². The van der Waals surface area contributed by atoms with Crippen molar-refractivity contribution >= 4 is 11.7 Å². The zero-order valence-corrected chi connectivity index (χ0v) is 12.3. The van der Waals surface area contributed by atoms with Crippen molar-refractivity contribution in [2.75, 3.05) is 18.9 Å². The Labute approximate surface area is 114 Å². The lowest BCUT2D eigenvalue weighted by molar-refractivity contribution is -0.128. The number of pyridine rings is 1. The smallest absolute Gasteiger partial charge is 0.227 e. The van der Waals surface area contributed by atoms with Crippen molar-refractivity contribution in [1.82, 2.24) is 10.3 Å². The molecule has 0 aromatic carbocycles. The molecule has 0 fully saturated rings. The number of carbonyl (C=O) groups is 1. The molecule has 0 aliphatic heterocycles. The monoisotopic (exact) mass is 265 g/mol. The van der Waals surface area contributed by atoms with Gasteiger partial charge in [0.2, 0.25) is 5.91 Å². The van der Waals surface area contributed by atoms with E-state index >= 15 is 0 Å². The lowest BCUT2D eigenvalue weighted by Gasteiger charge is -2.24. The number of nitrogens with zero attached hydrogens (tertiary/aromatic N) is 1. The minimum atomic E-state index is -0.513. The van der Waals surface area contributed by atoms with Gasteiger partial charge < -0.3 is 15.4 Å². The molecule has 19 heavy (non-hydrogen) atoms. The Kier molecular flexibility index (Phi) is 5.15. The van der Waals surface area contributed by atoms with E-state index in [1.165, 1.54) is 0 Å².